The second-order valence-corrected chi connectivity index (χ2v) is 6.78. The smallest absolute Gasteiger partial charge is 0.317 e. The van der Waals surface area contributed by atoms with Gasteiger partial charge in [0.25, 0.3) is 0 Å². The molecule has 6 heteroatoms. The summed E-state index contributed by atoms with van der Waals surface area (Å²) in [6.45, 7) is 4.12. The van der Waals surface area contributed by atoms with Gasteiger partial charge < -0.3 is 20.1 Å². The average molecular weight is 333 g/mol. The van der Waals surface area contributed by atoms with Crippen molar-refractivity contribution in [3.63, 3.8) is 0 Å². The number of benzene rings is 1. The number of nitrogens with one attached hydrogen (secondary N) is 1. The first-order chi connectivity index (χ1) is 11.6. The fourth-order valence-corrected chi connectivity index (χ4v) is 3.64. The van der Waals surface area contributed by atoms with Gasteiger partial charge in [0.1, 0.15) is 6.10 Å². The molecule has 4 unspecified atom stereocenters. The van der Waals surface area contributed by atoms with Crippen LogP contribution in [0.2, 0.25) is 0 Å². The number of carbonyl (C=O) groups excluding carboxylic acids is 1. The maximum atomic E-state index is 12.7. The molecule has 6 nitrogen and oxygen atoms in total. The molecule has 2 heterocycles. The molecule has 0 radical (unpaired) electrons. The van der Waals surface area contributed by atoms with Crippen LogP contribution in [0.5, 0.6) is 0 Å². The first-order valence-electron chi connectivity index (χ1n) is 8.66. The van der Waals surface area contributed by atoms with E-state index in [1.807, 2.05) is 18.2 Å². The van der Waals surface area contributed by atoms with Gasteiger partial charge in [0.2, 0.25) is 0 Å². The lowest BCUT2D eigenvalue weighted by molar-refractivity contribution is -0.0722. The van der Waals surface area contributed by atoms with Crippen LogP contribution in [0.1, 0.15) is 24.9 Å². The van der Waals surface area contributed by atoms with E-state index in [0.717, 1.165) is 13.0 Å². The van der Waals surface area contributed by atoms with Crippen molar-refractivity contribution in [1.29, 1.82) is 0 Å². The molecule has 2 aliphatic rings. The first kappa shape index (κ1) is 17.2. The summed E-state index contributed by atoms with van der Waals surface area (Å²) >= 11 is 0. The number of amides is 2. The third-order valence-electron chi connectivity index (χ3n) is 5.02. The molecular formula is C18H27N3O3. The second-order valence-electron chi connectivity index (χ2n) is 6.78. The van der Waals surface area contributed by atoms with Gasteiger partial charge in [-0.05, 0) is 26.0 Å². The summed E-state index contributed by atoms with van der Waals surface area (Å²) in [5, 5.41) is 12.9. The number of likely N-dealkylation sites (tertiary alicyclic amines) is 1. The lowest BCUT2D eigenvalue weighted by Gasteiger charge is -2.35. The highest BCUT2D eigenvalue weighted by molar-refractivity contribution is 5.75. The van der Waals surface area contributed by atoms with Gasteiger partial charge in [-0.1, -0.05) is 30.3 Å². The minimum absolute atomic E-state index is 0.0646. The van der Waals surface area contributed by atoms with Crippen LogP contribution in [0, 0.1) is 0 Å². The number of likely N-dealkylation sites (N-methyl/N-ethyl adjacent to an activating group) is 1. The van der Waals surface area contributed by atoms with Crippen LogP contribution in [-0.2, 0) is 4.74 Å². The third kappa shape index (κ3) is 3.71. The zero-order valence-electron chi connectivity index (χ0n) is 14.4. The molecule has 0 spiro atoms. The van der Waals surface area contributed by atoms with Crippen molar-refractivity contribution in [3.05, 3.63) is 35.9 Å². The third-order valence-corrected chi connectivity index (χ3v) is 5.02. The molecule has 24 heavy (non-hydrogen) atoms. The number of hydrogen-bond acceptors (Lipinski definition) is 4. The molecule has 0 saturated carbocycles. The molecule has 2 N–H and O–H groups in total. The highest BCUT2D eigenvalue weighted by atomic mass is 16.5. The van der Waals surface area contributed by atoms with Crippen LogP contribution >= 0.6 is 0 Å². The van der Waals surface area contributed by atoms with Crippen LogP contribution in [-0.4, -0.2) is 72.5 Å². The van der Waals surface area contributed by atoms with Crippen LogP contribution in [0.15, 0.2) is 30.3 Å². The number of aliphatic hydroxyl groups is 1. The van der Waals surface area contributed by atoms with Gasteiger partial charge in [0.05, 0.1) is 31.3 Å². The van der Waals surface area contributed by atoms with Crippen LogP contribution < -0.4 is 5.32 Å². The minimum atomic E-state index is -0.574. The fraction of sp³-hybridized carbons (Fsp3) is 0.611. The predicted molar refractivity (Wildman–Crippen MR) is 91.7 cm³/mol. The van der Waals surface area contributed by atoms with Gasteiger partial charge in [0.15, 0.2) is 0 Å². The summed E-state index contributed by atoms with van der Waals surface area (Å²) in [4.78, 5) is 16.7. The maximum absolute atomic E-state index is 12.7. The molecule has 2 amide bonds. The van der Waals surface area contributed by atoms with E-state index in [0.29, 0.717) is 19.7 Å². The van der Waals surface area contributed by atoms with Crippen molar-refractivity contribution in [2.75, 3.05) is 33.3 Å². The van der Waals surface area contributed by atoms with Gasteiger partial charge in [-0.3, -0.25) is 4.90 Å². The average Bonchev–Trinajstić information content (AvgIpc) is 2.96. The SMILES string of the molecule is CC(O)C1CN(C(=O)NC2CCN(C)C2c2ccccc2)CCO1. The maximum Gasteiger partial charge on any atom is 0.317 e. The Hall–Kier alpha value is -1.63. The Bertz CT molecular complexity index is 552. The molecule has 1 aromatic carbocycles. The zero-order valence-corrected chi connectivity index (χ0v) is 14.4. The Morgan fingerprint density at radius 1 is 1.33 bits per heavy atom. The minimum Gasteiger partial charge on any atom is -0.391 e. The number of aliphatic hydroxyl groups excluding tert-OH is 1. The van der Waals surface area contributed by atoms with E-state index in [4.69, 9.17) is 4.74 Å². The van der Waals surface area contributed by atoms with Crippen LogP contribution in [0.25, 0.3) is 0 Å². The van der Waals surface area contributed by atoms with Gasteiger partial charge in [-0.15, -0.1) is 0 Å². The number of ether oxygens (including phenoxy) is 1. The van der Waals surface area contributed by atoms with Crippen molar-refractivity contribution >= 4 is 6.03 Å². The van der Waals surface area contributed by atoms with Gasteiger partial charge >= 0.3 is 6.03 Å². The Balaban J connectivity index is 1.65. The lowest BCUT2D eigenvalue weighted by Crippen LogP contribution is -2.54. The summed E-state index contributed by atoms with van der Waals surface area (Å²) in [6, 6.07) is 10.5. The van der Waals surface area contributed by atoms with E-state index in [1.54, 1.807) is 11.8 Å². The summed E-state index contributed by atoms with van der Waals surface area (Å²) < 4.78 is 5.52. The zero-order chi connectivity index (χ0) is 17.1. The number of morpholine rings is 1. The Labute approximate surface area is 143 Å². The van der Waals surface area contributed by atoms with Crippen LogP contribution in [0.3, 0.4) is 0 Å². The molecule has 3 rings (SSSR count). The number of carbonyl (C=O) groups is 1. The van der Waals surface area contributed by atoms with Crippen molar-refractivity contribution in [2.45, 2.75) is 37.6 Å². The lowest BCUT2D eigenvalue weighted by atomic mass is 10.0. The van der Waals surface area contributed by atoms with Crippen molar-refractivity contribution in [3.8, 4) is 0 Å². The first-order valence-corrected chi connectivity index (χ1v) is 8.66. The monoisotopic (exact) mass is 333 g/mol. The van der Waals surface area contributed by atoms with E-state index in [9.17, 15) is 9.90 Å². The molecule has 2 saturated heterocycles. The molecule has 0 bridgehead atoms. The molecule has 1 aromatic rings. The van der Waals surface area contributed by atoms with Crippen molar-refractivity contribution in [2.24, 2.45) is 0 Å². The van der Waals surface area contributed by atoms with E-state index < -0.39 is 6.10 Å². The second kappa shape index (κ2) is 7.51. The normalized spacial score (nSPS) is 29.5. The highest BCUT2D eigenvalue weighted by Crippen LogP contribution is 2.30. The number of urea groups is 1. The topological polar surface area (TPSA) is 65.0 Å². The molecule has 0 aliphatic carbocycles. The fourth-order valence-electron chi connectivity index (χ4n) is 3.64. The van der Waals surface area contributed by atoms with Gasteiger partial charge in [0, 0.05) is 13.1 Å². The molecule has 2 aliphatic heterocycles. The molecule has 2 fully saturated rings. The van der Waals surface area contributed by atoms with E-state index >= 15 is 0 Å². The van der Waals surface area contributed by atoms with Crippen LogP contribution in [0.4, 0.5) is 4.79 Å². The standard InChI is InChI=1S/C18H27N3O3/c1-13(22)16-12-21(10-11-24-16)18(23)19-15-8-9-20(2)17(15)14-6-4-3-5-7-14/h3-7,13,15-17,22H,8-12H2,1-2H3,(H,19,23). The van der Waals surface area contributed by atoms with E-state index in [1.165, 1.54) is 5.56 Å². The number of hydrogen-bond donors (Lipinski definition) is 2. The van der Waals surface area contributed by atoms with Crippen molar-refractivity contribution < 1.29 is 14.6 Å². The molecule has 0 aromatic heterocycles. The van der Waals surface area contributed by atoms with Gasteiger partial charge in [-0.2, -0.15) is 0 Å². The van der Waals surface area contributed by atoms with E-state index in [2.05, 4.69) is 29.4 Å². The number of nitrogens with zero attached hydrogens (tertiary/aromatic N) is 2. The summed E-state index contributed by atoms with van der Waals surface area (Å²) in [6.07, 6.45) is 0.0577. The number of rotatable bonds is 3. The molecule has 132 valence electrons. The summed E-state index contributed by atoms with van der Waals surface area (Å²) in [5.41, 5.74) is 1.23. The Morgan fingerprint density at radius 2 is 2.08 bits per heavy atom. The summed E-state index contributed by atoms with van der Waals surface area (Å²) in [5.74, 6) is 0. The summed E-state index contributed by atoms with van der Waals surface area (Å²) in [7, 11) is 2.10. The Kier molecular flexibility index (Phi) is 5.38. The van der Waals surface area contributed by atoms with Gasteiger partial charge in [-0.25, -0.2) is 4.79 Å². The van der Waals surface area contributed by atoms with E-state index in [-0.39, 0.29) is 24.2 Å². The Morgan fingerprint density at radius 3 is 2.79 bits per heavy atom. The predicted octanol–water partition coefficient (Wildman–Crippen LogP) is 1.22. The molecule has 4 atom stereocenters. The molecular weight excluding hydrogens is 306 g/mol. The van der Waals surface area contributed by atoms with Crippen molar-refractivity contribution in [1.82, 2.24) is 15.1 Å². The quantitative estimate of drug-likeness (QED) is 0.873. The largest absolute Gasteiger partial charge is 0.391 e. The highest BCUT2D eigenvalue weighted by Gasteiger charge is 2.35.